The van der Waals surface area contributed by atoms with E-state index in [4.69, 9.17) is 11.6 Å². The third-order valence-electron chi connectivity index (χ3n) is 4.05. The summed E-state index contributed by atoms with van der Waals surface area (Å²) in [6.07, 6.45) is 0. The van der Waals surface area contributed by atoms with Crippen molar-refractivity contribution < 1.29 is 4.79 Å². The minimum absolute atomic E-state index is 0.106. The SMILES string of the molecule is CCn1c(S[C@H](C)C(=O)Nc2cccc(Cl)c2)nnc1-c1cccc(C)c1. The van der Waals surface area contributed by atoms with E-state index in [0.717, 1.165) is 23.1 Å². The number of amides is 1. The van der Waals surface area contributed by atoms with Crippen molar-refractivity contribution in [2.24, 2.45) is 0 Å². The Morgan fingerprint density at radius 1 is 1.22 bits per heavy atom. The van der Waals surface area contributed by atoms with Gasteiger partial charge in [0.2, 0.25) is 5.91 Å². The summed E-state index contributed by atoms with van der Waals surface area (Å²) in [5.41, 5.74) is 2.87. The highest BCUT2D eigenvalue weighted by Crippen LogP contribution is 2.28. The van der Waals surface area contributed by atoms with Gasteiger partial charge in [0.15, 0.2) is 11.0 Å². The van der Waals surface area contributed by atoms with Crippen molar-refractivity contribution in [3.63, 3.8) is 0 Å². The second-order valence-electron chi connectivity index (χ2n) is 6.18. The van der Waals surface area contributed by atoms with Crippen LogP contribution in [0.15, 0.2) is 53.7 Å². The first-order valence-corrected chi connectivity index (χ1v) is 9.97. The molecule has 0 saturated carbocycles. The maximum atomic E-state index is 12.5. The summed E-state index contributed by atoms with van der Waals surface area (Å²) in [6.45, 7) is 6.67. The second kappa shape index (κ2) is 8.59. The zero-order valence-corrected chi connectivity index (χ0v) is 17.0. The molecule has 1 heterocycles. The Hall–Kier alpha value is -2.31. The number of benzene rings is 2. The van der Waals surface area contributed by atoms with E-state index in [1.54, 1.807) is 18.2 Å². The lowest BCUT2D eigenvalue weighted by molar-refractivity contribution is -0.115. The Morgan fingerprint density at radius 2 is 2.00 bits per heavy atom. The van der Waals surface area contributed by atoms with E-state index in [9.17, 15) is 4.79 Å². The van der Waals surface area contributed by atoms with Gasteiger partial charge in [0, 0.05) is 22.8 Å². The molecule has 1 amide bonds. The fourth-order valence-electron chi connectivity index (χ4n) is 2.68. The minimum atomic E-state index is -0.330. The van der Waals surface area contributed by atoms with E-state index in [2.05, 4.69) is 21.6 Å². The monoisotopic (exact) mass is 400 g/mol. The second-order valence-corrected chi connectivity index (χ2v) is 7.92. The highest BCUT2D eigenvalue weighted by Gasteiger charge is 2.20. The number of halogens is 1. The lowest BCUT2D eigenvalue weighted by Crippen LogP contribution is -2.22. The van der Waals surface area contributed by atoms with Gasteiger partial charge in [-0.2, -0.15) is 0 Å². The molecular formula is C20H21ClN4OS. The van der Waals surface area contributed by atoms with Gasteiger partial charge in [0.05, 0.1) is 5.25 Å². The molecular weight excluding hydrogens is 380 g/mol. The van der Waals surface area contributed by atoms with Crippen molar-refractivity contribution in [3.05, 3.63) is 59.1 Å². The van der Waals surface area contributed by atoms with Gasteiger partial charge in [0.25, 0.3) is 0 Å². The molecule has 3 aromatic rings. The normalized spacial score (nSPS) is 12.0. The molecule has 0 radical (unpaired) electrons. The number of nitrogens with zero attached hydrogens (tertiary/aromatic N) is 3. The Kier molecular flexibility index (Phi) is 6.19. The molecule has 0 spiro atoms. The van der Waals surface area contributed by atoms with Gasteiger partial charge in [-0.15, -0.1) is 10.2 Å². The summed E-state index contributed by atoms with van der Waals surface area (Å²) in [5.74, 6) is 0.705. The van der Waals surface area contributed by atoms with E-state index in [1.807, 2.05) is 49.6 Å². The Balaban J connectivity index is 1.76. The van der Waals surface area contributed by atoms with Crippen molar-refractivity contribution in [2.75, 3.05) is 5.32 Å². The maximum Gasteiger partial charge on any atom is 0.237 e. The van der Waals surface area contributed by atoms with Crippen LogP contribution in [-0.2, 0) is 11.3 Å². The number of aryl methyl sites for hydroxylation is 1. The van der Waals surface area contributed by atoms with Gasteiger partial charge in [-0.05, 0) is 45.0 Å². The number of carbonyl (C=O) groups excluding carboxylic acids is 1. The Morgan fingerprint density at radius 3 is 2.70 bits per heavy atom. The lowest BCUT2D eigenvalue weighted by Gasteiger charge is -2.13. The molecule has 0 aliphatic carbocycles. The highest BCUT2D eigenvalue weighted by molar-refractivity contribution is 8.00. The van der Waals surface area contributed by atoms with Crippen LogP contribution in [0.25, 0.3) is 11.4 Å². The molecule has 0 unspecified atom stereocenters. The van der Waals surface area contributed by atoms with E-state index >= 15 is 0 Å². The molecule has 27 heavy (non-hydrogen) atoms. The van der Waals surface area contributed by atoms with E-state index in [1.165, 1.54) is 17.3 Å². The van der Waals surface area contributed by atoms with Crippen LogP contribution in [0, 0.1) is 6.92 Å². The number of aromatic nitrogens is 3. The van der Waals surface area contributed by atoms with Crippen molar-refractivity contribution in [3.8, 4) is 11.4 Å². The first-order valence-electron chi connectivity index (χ1n) is 8.71. The number of rotatable bonds is 6. The molecule has 3 rings (SSSR count). The van der Waals surface area contributed by atoms with Crippen LogP contribution in [0.1, 0.15) is 19.4 Å². The lowest BCUT2D eigenvalue weighted by atomic mass is 10.1. The van der Waals surface area contributed by atoms with Crippen molar-refractivity contribution in [2.45, 2.75) is 37.7 Å². The first-order chi connectivity index (χ1) is 13.0. The van der Waals surface area contributed by atoms with Crippen LogP contribution in [0.4, 0.5) is 5.69 Å². The zero-order valence-electron chi connectivity index (χ0n) is 15.4. The number of nitrogens with one attached hydrogen (secondary N) is 1. The van der Waals surface area contributed by atoms with Crippen LogP contribution < -0.4 is 5.32 Å². The number of hydrogen-bond acceptors (Lipinski definition) is 4. The minimum Gasteiger partial charge on any atom is -0.325 e. The standard InChI is InChI=1S/C20H21ClN4OS/c1-4-25-18(15-8-5-7-13(2)11-15)23-24-20(25)27-14(3)19(26)22-17-10-6-9-16(21)12-17/h5-12,14H,4H2,1-3H3,(H,22,26)/t14-/m1/s1. The fraction of sp³-hybridized carbons (Fsp3) is 0.250. The van der Waals surface area contributed by atoms with E-state index in [0.29, 0.717) is 10.7 Å². The summed E-state index contributed by atoms with van der Waals surface area (Å²) in [5, 5.41) is 12.5. The fourth-order valence-corrected chi connectivity index (χ4v) is 3.78. The third-order valence-corrected chi connectivity index (χ3v) is 5.37. The molecule has 5 nitrogen and oxygen atoms in total. The zero-order chi connectivity index (χ0) is 19.4. The summed E-state index contributed by atoms with van der Waals surface area (Å²) >= 11 is 7.36. The van der Waals surface area contributed by atoms with Gasteiger partial charge in [-0.3, -0.25) is 4.79 Å². The van der Waals surface area contributed by atoms with Crippen LogP contribution in [0.2, 0.25) is 5.02 Å². The van der Waals surface area contributed by atoms with Crippen LogP contribution in [0.3, 0.4) is 0 Å². The number of carbonyl (C=O) groups is 1. The molecule has 140 valence electrons. The van der Waals surface area contributed by atoms with Gasteiger partial charge >= 0.3 is 0 Å². The highest BCUT2D eigenvalue weighted by atomic mass is 35.5. The molecule has 0 aliphatic rings. The molecule has 0 bridgehead atoms. The smallest absolute Gasteiger partial charge is 0.237 e. The average molecular weight is 401 g/mol. The summed E-state index contributed by atoms with van der Waals surface area (Å²) in [4.78, 5) is 12.5. The Bertz CT molecular complexity index is 957. The predicted octanol–water partition coefficient (Wildman–Crippen LogP) is 5.05. The molecule has 1 atom stereocenters. The molecule has 1 aromatic heterocycles. The Labute approximate surface area is 168 Å². The van der Waals surface area contributed by atoms with Gasteiger partial charge in [-0.1, -0.05) is 53.2 Å². The summed E-state index contributed by atoms with van der Waals surface area (Å²) in [7, 11) is 0. The molecule has 0 aliphatic heterocycles. The number of anilines is 1. The maximum absolute atomic E-state index is 12.5. The van der Waals surface area contributed by atoms with Gasteiger partial charge in [-0.25, -0.2) is 0 Å². The predicted molar refractivity (Wildman–Crippen MR) is 111 cm³/mol. The van der Waals surface area contributed by atoms with Gasteiger partial charge < -0.3 is 9.88 Å². The molecule has 0 saturated heterocycles. The van der Waals surface area contributed by atoms with E-state index < -0.39 is 0 Å². The van der Waals surface area contributed by atoms with E-state index in [-0.39, 0.29) is 11.2 Å². The molecule has 2 aromatic carbocycles. The molecule has 0 fully saturated rings. The third kappa shape index (κ3) is 4.70. The summed E-state index contributed by atoms with van der Waals surface area (Å²) < 4.78 is 2.03. The molecule has 1 N–H and O–H groups in total. The van der Waals surface area contributed by atoms with Gasteiger partial charge in [0.1, 0.15) is 0 Å². The average Bonchev–Trinajstić information content (AvgIpc) is 3.04. The number of thioether (sulfide) groups is 1. The van der Waals surface area contributed by atoms with Crippen molar-refractivity contribution >= 4 is 35.0 Å². The quantitative estimate of drug-likeness (QED) is 0.588. The van der Waals surface area contributed by atoms with Crippen molar-refractivity contribution in [1.82, 2.24) is 14.8 Å². The number of hydrogen-bond donors (Lipinski definition) is 1. The largest absolute Gasteiger partial charge is 0.325 e. The summed E-state index contributed by atoms with van der Waals surface area (Å²) in [6, 6.07) is 15.3. The first kappa shape index (κ1) is 19.5. The van der Waals surface area contributed by atoms with Crippen LogP contribution >= 0.6 is 23.4 Å². The van der Waals surface area contributed by atoms with Crippen LogP contribution in [0.5, 0.6) is 0 Å². The van der Waals surface area contributed by atoms with Crippen LogP contribution in [-0.4, -0.2) is 25.9 Å². The molecule has 7 heteroatoms. The topological polar surface area (TPSA) is 59.8 Å². The van der Waals surface area contributed by atoms with Crippen molar-refractivity contribution in [1.29, 1.82) is 0 Å².